The molecule has 0 bridgehead atoms. The Kier molecular flexibility index (Phi) is 5.07. The fourth-order valence-electron chi connectivity index (χ4n) is 3.24. The molecule has 4 rings (SSSR count). The first-order chi connectivity index (χ1) is 14.1. The molecule has 1 amide bonds. The summed E-state index contributed by atoms with van der Waals surface area (Å²) in [4.78, 5) is 29.0. The predicted octanol–water partition coefficient (Wildman–Crippen LogP) is 1.57. The Balaban J connectivity index is 1.91. The number of hydrogen-bond acceptors (Lipinski definition) is 6. The van der Waals surface area contributed by atoms with Gasteiger partial charge in [-0.1, -0.05) is 30.3 Å². The van der Waals surface area contributed by atoms with Gasteiger partial charge in [-0.3, -0.25) is 15.0 Å². The lowest BCUT2D eigenvalue weighted by Gasteiger charge is -2.09. The molecule has 1 N–H and O–H groups in total. The van der Waals surface area contributed by atoms with Crippen LogP contribution in [0.5, 0.6) is 0 Å². The molecule has 0 radical (unpaired) electrons. The summed E-state index contributed by atoms with van der Waals surface area (Å²) >= 11 is 0. The predicted molar refractivity (Wildman–Crippen MR) is 107 cm³/mol. The minimum Gasteiger partial charge on any atom is -0.378 e. The Labute approximate surface area is 165 Å². The van der Waals surface area contributed by atoms with Crippen LogP contribution in [0.1, 0.15) is 5.69 Å². The molecule has 148 valence electrons. The molecule has 0 unspecified atom stereocenters. The second-order valence-corrected chi connectivity index (χ2v) is 6.37. The van der Waals surface area contributed by atoms with Crippen LogP contribution in [0.25, 0.3) is 27.7 Å². The van der Waals surface area contributed by atoms with Gasteiger partial charge in [-0.25, -0.2) is 14.2 Å². The summed E-state index contributed by atoms with van der Waals surface area (Å²) < 4.78 is 12.8. The number of aromatic nitrogens is 4. The number of hydrogen-bond donors (Lipinski definition) is 1. The molecule has 3 aromatic heterocycles. The first-order valence-electron chi connectivity index (χ1n) is 8.89. The van der Waals surface area contributed by atoms with Crippen LogP contribution in [0.4, 0.5) is 0 Å². The normalized spacial score (nSPS) is 11.2. The second-order valence-electron chi connectivity index (χ2n) is 6.37. The van der Waals surface area contributed by atoms with Gasteiger partial charge in [0.05, 0.1) is 28.8 Å². The van der Waals surface area contributed by atoms with Crippen molar-refractivity contribution in [3.8, 4) is 11.1 Å². The lowest BCUT2D eigenvalue weighted by molar-refractivity contribution is -0.120. The minimum atomic E-state index is -0.434. The standard InChI is InChI=1S/C20H19N5O4/c1-28-11-15-18(13-6-4-3-5-7-13)19-21-10-14-16(25(19)22-15)8-9-24(20(14)27)23-17(26)12-29-2/h3-10H,11-12H2,1-2H3,(H,23,26). The van der Waals surface area contributed by atoms with Crippen molar-refractivity contribution in [2.45, 2.75) is 6.61 Å². The average Bonchev–Trinajstić information content (AvgIpc) is 3.09. The number of carbonyl (C=O) groups excluding carboxylic acids is 1. The number of amides is 1. The van der Waals surface area contributed by atoms with Crippen molar-refractivity contribution in [2.75, 3.05) is 26.3 Å². The van der Waals surface area contributed by atoms with Crippen LogP contribution < -0.4 is 11.0 Å². The Bertz CT molecular complexity index is 1250. The van der Waals surface area contributed by atoms with Crippen LogP contribution in [-0.2, 0) is 20.9 Å². The minimum absolute atomic E-state index is 0.151. The molecule has 9 nitrogen and oxygen atoms in total. The van der Waals surface area contributed by atoms with Gasteiger partial charge in [-0.15, -0.1) is 0 Å². The zero-order valence-electron chi connectivity index (χ0n) is 16.0. The molecule has 29 heavy (non-hydrogen) atoms. The largest absolute Gasteiger partial charge is 0.378 e. The zero-order valence-corrected chi connectivity index (χ0v) is 16.0. The number of ether oxygens (including phenoxy) is 2. The molecule has 0 saturated carbocycles. The smallest absolute Gasteiger partial charge is 0.280 e. The van der Waals surface area contributed by atoms with E-state index in [4.69, 9.17) is 9.47 Å². The third kappa shape index (κ3) is 3.37. The molecule has 4 aromatic rings. The maximum absolute atomic E-state index is 12.8. The van der Waals surface area contributed by atoms with E-state index in [1.165, 1.54) is 19.5 Å². The van der Waals surface area contributed by atoms with Crippen molar-refractivity contribution in [3.05, 3.63) is 64.8 Å². The van der Waals surface area contributed by atoms with Crippen LogP contribution in [0.15, 0.2) is 53.6 Å². The third-order valence-electron chi connectivity index (χ3n) is 4.45. The van der Waals surface area contributed by atoms with E-state index in [0.717, 1.165) is 21.5 Å². The molecule has 0 aliphatic heterocycles. The van der Waals surface area contributed by atoms with Crippen LogP contribution in [0.2, 0.25) is 0 Å². The number of pyridine rings is 1. The number of nitrogens with one attached hydrogen (secondary N) is 1. The number of methoxy groups -OCH3 is 2. The molecule has 0 saturated heterocycles. The molecule has 3 heterocycles. The van der Waals surface area contributed by atoms with E-state index in [0.29, 0.717) is 23.2 Å². The van der Waals surface area contributed by atoms with Gasteiger partial charge in [-0.05, 0) is 11.6 Å². The first-order valence-corrected chi connectivity index (χ1v) is 8.89. The van der Waals surface area contributed by atoms with Gasteiger partial charge in [0.25, 0.3) is 11.5 Å². The lowest BCUT2D eigenvalue weighted by Crippen LogP contribution is -2.34. The Morgan fingerprint density at radius 1 is 1.14 bits per heavy atom. The molecule has 0 spiro atoms. The molecule has 9 heteroatoms. The lowest BCUT2D eigenvalue weighted by atomic mass is 10.1. The zero-order chi connectivity index (χ0) is 20.4. The quantitative estimate of drug-likeness (QED) is 0.534. The molecule has 0 fully saturated rings. The summed E-state index contributed by atoms with van der Waals surface area (Å²) in [6.07, 6.45) is 2.98. The Morgan fingerprint density at radius 3 is 2.66 bits per heavy atom. The number of rotatable bonds is 6. The van der Waals surface area contributed by atoms with E-state index >= 15 is 0 Å². The summed E-state index contributed by atoms with van der Waals surface area (Å²) in [7, 11) is 3.01. The van der Waals surface area contributed by atoms with Crippen molar-refractivity contribution in [1.29, 1.82) is 0 Å². The van der Waals surface area contributed by atoms with Crippen LogP contribution in [0, 0.1) is 0 Å². The van der Waals surface area contributed by atoms with Gasteiger partial charge in [0.15, 0.2) is 5.65 Å². The molecule has 0 atom stereocenters. The summed E-state index contributed by atoms with van der Waals surface area (Å²) in [6, 6.07) is 11.5. The van der Waals surface area contributed by atoms with Crippen molar-refractivity contribution in [3.63, 3.8) is 0 Å². The maximum atomic E-state index is 12.8. The number of benzene rings is 1. The monoisotopic (exact) mass is 393 g/mol. The molecule has 1 aromatic carbocycles. The van der Waals surface area contributed by atoms with Crippen molar-refractivity contribution < 1.29 is 14.3 Å². The van der Waals surface area contributed by atoms with E-state index in [2.05, 4.69) is 15.5 Å². The van der Waals surface area contributed by atoms with Crippen molar-refractivity contribution in [2.24, 2.45) is 0 Å². The van der Waals surface area contributed by atoms with Gasteiger partial charge in [-0.2, -0.15) is 5.10 Å². The summed E-state index contributed by atoms with van der Waals surface area (Å²) in [5, 5.41) is 4.96. The van der Waals surface area contributed by atoms with E-state index in [1.807, 2.05) is 30.3 Å². The SMILES string of the molecule is COCC(=O)Nn1ccc2c(cnc3c(-c4ccccc4)c(COC)nn32)c1=O. The molecule has 0 aliphatic carbocycles. The Morgan fingerprint density at radius 2 is 1.93 bits per heavy atom. The highest BCUT2D eigenvalue weighted by Crippen LogP contribution is 2.29. The fourth-order valence-corrected chi connectivity index (χ4v) is 3.24. The van der Waals surface area contributed by atoms with Crippen LogP contribution >= 0.6 is 0 Å². The molecule has 0 aliphatic rings. The summed E-state index contributed by atoms with van der Waals surface area (Å²) in [5.41, 5.74) is 5.80. The van der Waals surface area contributed by atoms with Crippen molar-refractivity contribution in [1.82, 2.24) is 19.3 Å². The van der Waals surface area contributed by atoms with E-state index in [9.17, 15) is 9.59 Å². The number of nitrogens with zero attached hydrogens (tertiary/aromatic N) is 4. The number of fused-ring (bicyclic) bond motifs is 3. The van der Waals surface area contributed by atoms with E-state index in [-0.39, 0.29) is 6.61 Å². The highest BCUT2D eigenvalue weighted by atomic mass is 16.5. The highest BCUT2D eigenvalue weighted by Gasteiger charge is 2.18. The van der Waals surface area contributed by atoms with Gasteiger partial charge >= 0.3 is 0 Å². The van der Waals surface area contributed by atoms with Gasteiger partial charge in [0.2, 0.25) is 0 Å². The second kappa shape index (κ2) is 7.82. The summed E-state index contributed by atoms with van der Waals surface area (Å²) in [6.45, 7) is 0.154. The maximum Gasteiger partial charge on any atom is 0.280 e. The highest BCUT2D eigenvalue weighted by molar-refractivity contribution is 5.88. The van der Waals surface area contributed by atoms with Crippen LogP contribution in [-0.4, -0.2) is 46.0 Å². The molecular weight excluding hydrogens is 374 g/mol. The van der Waals surface area contributed by atoms with Crippen molar-refractivity contribution >= 4 is 22.5 Å². The first kappa shape index (κ1) is 18.8. The fraction of sp³-hybridized carbons (Fsp3) is 0.200. The number of carbonyl (C=O) groups is 1. The topological polar surface area (TPSA) is 99.8 Å². The van der Waals surface area contributed by atoms with Gasteiger partial charge in [0, 0.05) is 26.6 Å². The van der Waals surface area contributed by atoms with E-state index < -0.39 is 11.5 Å². The van der Waals surface area contributed by atoms with E-state index in [1.54, 1.807) is 17.7 Å². The molecular formula is C20H19N5O4. The summed E-state index contributed by atoms with van der Waals surface area (Å²) in [5.74, 6) is -0.434. The third-order valence-corrected chi connectivity index (χ3v) is 4.45. The van der Waals surface area contributed by atoms with Crippen LogP contribution in [0.3, 0.4) is 0 Å². The van der Waals surface area contributed by atoms with Gasteiger partial charge in [0.1, 0.15) is 6.61 Å². The average molecular weight is 393 g/mol. The van der Waals surface area contributed by atoms with Gasteiger partial charge < -0.3 is 9.47 Å². The Hall–Kier alpha value is -3.56.